The van der Waals surface area contributed by atoms with Crippen LogP contribution in [-0.2, 0) is 10.0 Å². The molecule has 0 aromatic heterocycles. The Balaban J connectivity index is 1.30. The molecule has 5 rings (SSSR count). The minimum absolute atomic E-state index is 0.0839. The van der Waals surface area contributed by atoms with Gasteiger partial charge in [0.1, 0.15) is 0 Å². The second kappa shape index (κ2) is 7.25. The molecule has 0 unspecified atom stereocenters. The molecule has 0 aromatic carbocycles. The van der Waals surface area contributed by atoms with Crippen LogP contribution in [-0.4, -0.2) is 20.2 Å². The van der Waals surface area contributed by atoms with Crippen LogP contribution in [0.1, 0.15) is 90.9 Å². The number of hydrogen-bond acceptors (Lipinski definition) is 2. The maximum absolute atomic E-state index is 12.4. The number of nitrogens with one attached hydrogen (secondary N) is 1. The zero-order valence-electron chi connectivity index (χ0n) is 18.0. The molecule has 0 amide bonds. The van der Waals surface area contributed by atoms with Gasteiger partial charge in [0.2, 0.25) is 10.0 Å². The Morgan fingerprint density at radius 3 is 2.46 bits per heavy atom. The minimum Gasteiger partial charge on any atom is -0.215 e. The highest BCUT2D eigenvalue weighted by Gasteiger charge is 2.55. The highest BCUT2D eigenvalue weighted by atomic mass is 32.2. The van der Waals surface area contributed by atoms with E-state index in [1.165, 1.54) is 64.2 Å². The Morgan fingerprint density at radius 1 is 0.893 bits per heavy atom. The standard InChI is InChI=1S/C24H41NO2S/c1-16-6-10-20-17(14-16)7-11-22-21(20)12-13-24(2)18(4-3-5-23(22)24)15-25-28(26,27)19-8-9-19/h16-23,25H,3-15H2,1-2H3/t16-,17+,18+,20-,21+,22+,23-,24+/m0/s1. The highest BCUT2D eigenvalue weighted by Crippen LogP contribution is 2.63. The molecule has 0 bridgehead atoms. The summed E-state index contributed by atoms with van der Waals surface area (Å²) in [5.41, 5.74) is 0.361. The Labute approximate surface area is 172 Å². The summed E-state index contributed by atoms with van der Waals surface area (Å²) >= 11 is 0. The van der Waals surface area contributed by atoms with E-state index < -0.39 is 10.0 Å². The Kier molecular flexibility index (Phi) is 5.14. The molecule has 0 heterocycles. The third kappa shape index (κ3) is 3.39. The van der Waals surface area contributed by atoms with Crippen LogP contribution in [0.4, 0.5) is 0 Å². The van der Waals surface area contributed by atoms with Crippen LogP contribution in [0.2, 0.25) is 0 Å². The predicted octanol–water partition coefficient (Wildman–Crippen LogP) is 5.36. The van der Waals surface area contributed by atoms with Gasteiger partial charge in [-0.05, 0) is 111 Å². The van der Waals surface area contributed by atoms with Crippen LogP contribution >= 0.6 is 0 Å². The molecule has 4 heteroatoms. The Morgan fingerprint density at radius 2 is 1.68 bits per heavy atom. The molecule has 1 N–H and O–H groups in total. The lowest BCUT2D eigenvalue weighted by molar-refractivity contribution is -0.108. The molecule has 28 heavy (non-hydrogen) atoms. The smallest absolute Gasteiger partial charge is 0.214 e. The molecular weight excluding hydrogens is 366 g/mol. The molecule has 0 aliphatic heterocycles. The van der Waals surface area contributed by atoms with Gasteiger partial charge in [0, 0.05) is 6.54 Å². The molecule has 160 valence electrons. The van der Waals surface area contributed by atoms with Crippen molar-refractivity contribution in [1.82, 2.24) is 4.72 Å². The van der Waals surface area contributed by atoms with Crippen LogP contribution in [0, 0.1) is 46.8 Å². The SMILES string of the molecule is C[C@H]1CC[C@H]2[C@H](CC[C@@H]3[C@@H]2CC[C@]2(C)[C@@H](CNS(=O)(=O)C4CC4)CCC[C@@H]32)C1. The fourth-order valence-corrected chi connectivity index (χ4v) is 9.87. The fraction of sp³-hybridized carbons (Fsp3) is 1.00. The van der Waals surface area contributed by atoms with Gasteiger partial charge in [0.05, 0.1) is 5.25 Å². The zero-order chi connectivity index (χ0) is 19.5. The van der Waals surface area contributed by atoms with Crippen molar-refractivity contribution in [3.8, 4) is 0 Å². The summed E-state index contributed by atoms with van der Waals surface area (Å²) < 4.78 is 27.8. The first-order valence-electron chi connectivity index (χ1n) is 12.4. The average molecular weight is 408 g/mol. The van der Waals surface area contributed by atoms with Crippen LogP contribution < -0.4 is 4.72 Å². The van der Waals surface area contributed by atoms with Gasteiger partial charge in [0.25, 0.3) is 0 Å². The number of sulfonamides is 1. The molecule has 5 aliphatic rings. The summed E-state index contributed by atoms with van der Waals surface area (Å²) in [5, 5.41) is -0.0839. The number of fused-ring (bicyclic) bond motifs is 5. The first-order valence-corrected chi connectivity index (χ1v) is 13.9. The normalized spacial score (nSPS) is 49.0. The first kappa shape index (κ1) is 19.8. The molecule has 5 saturated carbocycles. The van der Waals surface area contributed by atoms with Gasteiger partial charge in [-0.25, -0.2) is 13.1 Å². The summed E-state index contributed by atoms with van der Waals surface area (Å²) in [4.78, 5) is 0. The van der Waals surface area contributed by atoms with Crippen molar-refractivity contribution in [2.75, 3.05) is 6.54 Å². The van der Waals surface area contributed by atoms with Crippen LogP contribution in [0.3, 0.4) is 0 Å². The van der Waals surface area contributed by atoms with E-state index >= 15 is 0 Å². The Hall–Kier alpha value is -0.0900. The average Bonchev–Trinajstić information content (AvgIpc) is 3.51. The van der Waals surface area contributed by atoms with E-state index in [0.717, 1.165) is 48.3 Å². The van der Waals surface area contributed by atoms with Crippen molar-refractivity contribution in [3.63, 3.8) is 0 Å². The van der Waals surface area contributed by atoms with E-state index in [2.05, 4.69) is 18.6 Å². The lowest BCUT2D eigenvalue weighted by Crippen LogP contribution is -2.54. The zero-order valence-corrected chi connectivity index (χ0v) is 18.9. The maximum Gasteiger partial charge on any atom is 0.214 e. The van der Waals surface area contributed by atoms with Crippen molar-refractivity contribution < 1.29 is 8.42 Å². The van der Waals surface area contributed by atoms with Crippen LogP contribution in [0.5, 0.6) is 0 Å². The van der Waals surface area contributed by atoms with Gasteiger partial charge in [-0.3, -0.25) is 0 Å². The van der Waals surface area contributed by atoms with E-state index in [0.29, 0.717) is 17.9 Å². The summed E-state index contributed by atoms with van der Waals surface area (Å²) in [5.74, 6) is 6.26. The van der Waals surface area contributed by atoms with Crippen molar-refractivity contribution in [2.24, 2.45) is 46.8 Å². The fourth-order valence-electron chi connectivity index (χ4n) is 8.45. The van der Waals surface area contributed by atoms with Gasteiger partial charge >= 0.3 is 0 Å². The summed E-state index contributed by atoms with van der Waals surface area (Å²) in [6.45, 7) is 5.71. The number of hydrogen-bond donors (Lipinski definition) is 1. The van der Waals surface area contributed by atoms with E-state index in [4.69, 9.17) is 0 Å². The van der Waals surface area contributed by atoms with E-state index in [-0.39, 0.29) is 5.25 Å². The van der Waals surface area contributed by atoms with Gasteiger partial charge in [-0.15, -0.1) is 0 Å². The second-order valence-corrected chi connectivity index (χ2v) is 13.7. The molecule has 8 atom stereocenters. The summed E-state index contributed by atoms with van der Waals surface area (Å²) in [6.07, 6.45) is 15.8. The van der Waals surface area contributed by atoms with Crippen molar-refractivity contribution in [3.05, 3.63) is 0 Å². The van der Waals surface area contributed by atoms with Gasteiger partial charge < -0.3 is 0 Å². The number of rotatable bonds is 4. The van der Waals surface area contributed by atoms with Gasteiger partial charge in [0.15, 0.2) is 0 Å². The molecule has 0 aromatic rings. The predicted molar refractivity (Wildman–Crippen MR) is 114 cm³/mol. The van der Waals surface area contributed by atoms with E-state index in [1.807, 2.05) is 0 Å². The van der Waals surface area contributed by atoms with Crippen LogP contribution in [0.15, 0.2) is 0 Å². The van der Waals surface area contributed by atoms with E-state index in [9.17, 15) is 8.42 Å². The minimum atomic E-state index is -3.05. The van der Waals surface area contributed by atoms with Gasteiger partial charge in [-0.2, -0.15) is 0 Å². The third-order valence-electron chi connectivity index (χ3n) is 10.1. The van der Waals surface area contributed by atoms with Crippen molar-refractivity contribution >= 4 is 10.0 Å². The monoisotopic (exact) mass is 407 g/mol. The molecule has 5 fully saturated rings. The summed E-state index contributed by atoms with van der Waals surface area (Å²) in [6, 6.07) is 0. The second-order valence-electron chi connectivity index (χ2n) is 11.6. The molecule has 0 spiro atoms. The topological polar surface area (TPSA) is 46.2 Å². The molecule has 3 nitrogen and oxygen atoms in total. The Bertz CT molecular complexity index is 687. The first-order chi connectivity index (χ1) is 13.4. The highest BCUT2D eigenvalue weighted by molar-refractivity contribution is 7.90. The largest absolute Gasteiger partial charge is 0.215 e. The van der Waals surface area contributed by atoms with E-state index in [1.54, 1.807) is 0 Å². The lowest BCUT2D eigenvalue weighted by atomic mass is 9.45. The van der Waals surface area contributed by atoms with Crippen molar-refractivity contribution in [2.45, 2.75) is 96.1 Å². The third-order valence-corrected chi connectivity index (χ3v) is 12.1. The van der Waals surface area contributed by atoms with Crippen molar-refractivity contribution in [1.29, 1.82) is 0 Å². The molecule has 0 saturated heterocycles. The summed E-state index contributed by atoms with van der Waals surface area (Å²) in [7, 11) is -3.05. The lowest BCUT2D eigenvalue weighted by Gasteiger charge is -2.60. The van der Waals surface area contributed by atoms with Gasteiger partial charge in [-0.1, -0.05) is 26.7 Å². The quantitative estimate of drug-likeness (QED) is 0.681. The van der Waals surface area contributed by atoms with Crippen LogP contribution in [0.25, 0.3) is 0 Å². The molecule has 5 aliphatic carbocycles. The maximum atomic E-state index is 12.4. The molecule has 0 radical (unpaired) electrons. The molecular formula is C24H41NO2S.